The fourth-order valence-electron chi connectivity index (χ4n) is 1.43. The van der Waals surface area contributed by atoms with Gasteiger partial charge in [0.05, 0.1) is 6.20 Å². The highest BCUT2D eigenvalue weighted by Gasteiger charge is 2.07. The maximum atomic E-state index is 13.4. The minimum Gasteiger partial charge on any atom is -0.396 e. The molecular formula is C11H12FN3O. The first-order valence-electron chi connectivity index (χ1n) is 5.07. The second-order valence-corrected chi connectivity index (χ2v) is 3.42. The molecule has 4 nitrogen and oxygen atoms in total. The van der Waals surface area contributed by atoms with E-state index in [9.17, 15) is 4.39 Å². The van der Waals surface area contributed by atoms with Crippen LogP contribution in [0.15, 0.2) is 30.5 Å². The normalized spacial score (nSPS) is 10.6. The zero-order chi connectivity index (χ0) is 11.4. The molecule has 0 bridgehead atoms. The molecule has 1 N–H and O–H groups in total. The van der Waals surface area contributed by atoms with Crippen molar-refractivity contribution in [2.75, 3.05) is 6.61 Å². The highest BCUT2D eigenvalue weighted by Crippen LogP contribution is 2.19. The van der Waals surface area contributed by atoms with Gasteiger partial charge in [0, 0.05) is 18.7 Å². The third-order valence-electron chi connectivity index (χ3n) is 2.23. The summed E-state index contributed by atoms with van der Waals surface area (Å²) in [6.45, 7) is 0.687. The Morgan fingerprint density at radius 3 is 2.88 bits per heavy atom. The van der Waals surface area contributed by atoms with E-state index in [0.29, 0.717) is 24.2 Å². The van der Waals surface area contributed by atoms with E-state index in [0.717, 1.165) is 0 Å². The number of rotatable bonds is 4. The molecule has 2 rings (SSSR count). The Bertz CT molecular complexity index is 470. The third-order valence-corrected chi connectivity index (χ3v) is 2.23. The lowest BCUT2D eigenvalue weighted by molar-refractivity contribution is 0.276. The highest BCUT2D eigenvalue weighted by atomic mass is 19.1. The number of aryl methyl sites for hydroxylation is 1. The Morgan fingerprint density at radius 2 is 2.12 bits per heavy atom. The summed E-state index contributed by atoms with van der Waals surface area (Å²) in [6.07, 6.45) is 2.29. The summed E-state index contributed by atoms with van der Waals surface area (Å²) in [5, 5.41) is 16.4. The summed E-state index contributed by atoms with van der Waals surface area (Å²) in [4.78, 5) is 0. The molecule has 1 aromatic heterocycles. The van der Waals surface area contributed by atoms with Crippen LogP contribution < -0.4 is 0 Å². The lowest BCUT2D eigenvalue weighted by Crippen LogP contribution is -2.00. The van der Waals surface area contributed by atoms with Crippen LogP contribution in [0.2, 0.25) is 0 Å². The third kappa shape index (κ3) is 2.25. The second kappa shape index (κ2) is 4.85. The van der Waals surface area contributed by atoms with E-state index in [-0.39, 0.29) is 12.4 Å². The molecule has 0 fully saturated rings. The largest absolute Gasteiger partial charge is 0.396 e. The first-order chi connectivity index (χ1) is 7.81. The molecule has 0 aliphatic heterocycles. The van der Waals surface area contributed by atoms with Gasteiger partial charge in [-0.2, -0.15) is 0 Å². The summed E-state index contributed by atoms with van der Waals surface area (Å²) in [5.74, 6) is -0.309. The van der Waals surface area contributed by atoms with Crippen molar-refractivity contribution in [2.45, 2.75) is 13.0 Å². The molecule has 1 heterocycles. The average Bonchev–Trinajstić information content (AvgIpc) is 2.75. The Morgan fingerprint density at radius 1 is 1.31 bits per heavy atom. The molecular weight excluding hydrogens is 209 g/mol. The Labute approximate surface area is 92.3 Å². The van der Waals surface area contributed by atoms with E-state index in [1.165, 1.54) is 6.07 Å². The molecule has 84 valence electrons. The van der Waals surface area contributed by atoms with Crippen molar-refractivity contribution < 1.29 is 9.50 Å². The van der Waals surface area contributed by atoms with E-state index in [2.05, 4.69) is 10.3 Å². The van der Waals surface area contributed by atoms with E-state index in [1.54, 1.807) is 29.1 Å². The van der Waals surface area contributed by atoms with Gasteiger partial charge in [-0.1, -0.05) is 17.3 Å². The molecule has 0 radical (unpaired) electrons. The van der Waals surface area contributed by atoms with Crippen molar-refractivity contribution >= 4 is 0 Å². The number of benzene rings is 1. The van der Waals surface area contributed by atoms with Crippen molar-refractivity contribution in [3.05, 3.63) is 36.3 Å². The van der Waals surface area contributed by atoms with Crippen LogP contribution in [0.4, 0.5) is 4.39 Å². The van der Waals surface area contributed by atoms with Gasteiger partial charge in [-0.15, -0.1) is 5.10 Å². The monoisotopic (exact) mass is 221 g/mol. The van der Waals surface area contributed by atoms with Crippen LogP contribution in [0.5, 0.6) is 0 Å². The van der Waals surface area contributed by atoms with Crippen LogP contribution in [-0.4, -0.2) is 26.7 Å². The summed E-state index contributed by atoms with van der Waals surface area (Å²) >= 11 is 0. The first kappa shape index (κ1) is 10.8. The van der Waals surface area contributed by atoms with Gasteiger partial charge in [-0.05, 0) is 18.6 Å². The molecule has 0 saturated carbocycles. The SMILES string of the molecule is OCCCn1cc(-c2ccccc2F)nn1. The van der Waals surface area contributed by atoms with Gasteiger partial charge in [0.25, 0.3) is 0 Å². The Balaban J connectivity index is 2.22. The van der Waals surface area contributed by atoms with Crippen molar-refractivity contribution in [1.29, 1.82) is 0 Å². The highest BCUT2D eigenvalue weighted by molar-refractivity contribution is 5.58. The molecule has 0 aliphatic rings. The number of halogens is 1. The van der Waals surface area contributed by atoms with Crippen LogP contribution in [0.3, 0.4) is 0 Å². The minimum absolute atomic E-state index is 0.106. The molecule has 0 unspecified atom stereocenters. The summed E-state index contributed by atoms with van der Waals surface area (Å²) in [6, 6.07) is 6.44. The van der Waals surface area contributed by atoms with Gasteiger partial charge in [0.1, 0.15) is 11.5 Å². The van der Waals surface area contributed by atoms with Crippen LogP contribution in [0.1, 0.15) is 6.42 Å². The van der Waals surface area contributed by atoms with Gasteiger partial charge in [0.2, 0.25) is 0 Å². The topological polar surface area (TPSA) is 50.9 Å². The van der Waals surface area contributed by atoms with Gasteiger partial charge in [-0.3, -0.25) is 4.68 Å². The van der Waals surface area contributed by atoms with Crippen LogP contribution in [0, 0.1) is 5.82 Å². The lowest BCUT2D eigenvalue weighted by Gasteiger charge is -1.97. The van der Waals surface area contributed by atoms with E-state index >= 15 is 0 Å². The summed E-state index contributed by atoms with van der Waals surface area (Å²) in [7, 11) is 0. The van der Waals surface area contributed by atoms with Crippen LogP contribution >= 0.6 is 0 Å². The Hall–Kier alpha value is -1.75. The molecule has 0 spiro atoms. The standard InChI is InChI=1S/C11H12FN3O/c12-10-5-2-1-4-9(10)11-8-15(14-13-11)6-3-7-16/h1-2,4-5,8,16H,3,6-7H2. The van der Waals surface area contributed by atoms with Crippen molar-refractivity contribution in [1.82, 2.24) is 15.0 Å². The van der Waals surface area contributed by atoms with Gasteiger partial charge < -0.3 is 5.11 Å². The second-order valence-electron chi connectivity index (χ2n) is 3.42. The zero-order valence-corrected chi connectivity index (χ0v) is 8.67. The molecule has 16 heavy (non-hydrogen) atoms. The predicted octanol–water partition coefficient (Wildman–Crippen LogP) is 1.47. The van der Waals surface area contributed by atoms with E-state index < -0.39 is 0 Å². The average molecular weight is 221 g/mol. The molecule has 0 atom stereocenters. The fraction of sp³-hybridized carbons (Fsp3) is 0.273. The predicted molar refractivity (Wildman–Crippen MR) is 57.1 cm³/mol. The summed E-state index contributed by atoms with van der Waals surface area (Å²) in [5.41, 5.74) is 0.953. The molecule has 0 aliphatic carbocycles. The molecule has 5 heteroatoms. The van der Waals surface area contributed by atoms with Crippen molar-refractivity contribution in [2.24, 2.45) is 0 Å². The van der Waals surface area contributed by atoms with E-state index in [4.69, 9.17) is 5.11 Å². The number of hydrogen-bond donors (Lipinski definition) is 1. The number of hydrogen-bond acceptors (Lipinski definition) is 3. The molecule has 0 saturated heterocycles. The number of aliphatic hydroxyl groups is 1. The van der Waals surface area contributed by atoms with Crippen molar-refractivity contribution in [3.63, 3.8) is 0 Å². The quantitative estimate of drug-likeness (QED) is 0.850. The number of aromatic nitrogens is 3. The first-order valence-corrected chi connectivity index (χ1v) is 5.07. The fourth-order valence-corrected chi connectivity index (χ4v) is 1.43. The number of aliphatic hydroxyl groups excluding tert-OH is 1. The van der Waals surface area contributed by atoms with Gasteiger partial charge in [0.15, 0.2) is 0 Å². The van der Waals surface area contributed by atoms with Gasteiger partial charge in [-0.25, -0.2) is 4.39 Å². The smallest absolute Gasteiger partial charge is 0.132 e. The van der Waals surface area contributed by atoms with Crippen LogP contribution in [0.25, 0.3) is 11.3 Å². The molecule has 0 amide bonds. The zero-order valence-electron chi connectivity index (χ0n) is 8.67. The molecule has 2 aromatic rings. The molecule has 1 aromatic carbocycles. The van der Waals surface area contributed by atoms with Crippen molar-refractivity contribution in [3.8, 4) is 11.3 Å². The maximum Gasteiger partial charge on any atom is 0.132 e. The van der Waals surface area contributed by atoms with Gasteiger partial charge >= 0.3 is 0 Å². The summed E-state index contributed by atoms with van der Waals surface area (Å²) < 4.78 is 15.0. The number of nitrogens with zero attached hydrogens (tertiary/aromatic N) is 3. The maximum absolute atomic E-state index is 13.4. The van der Waals surface area contributed by atoms with E-state index in [1.807, 2.05) is 0 Å². The minimum atomic E-state index is -0.309. The van der Waals surface area contributed by atoms with Crippen LogP contribution in [-0.2, 0) is 6.54 Å². The Kier molecular flexibility index (Phi) is 3.26. The lowest BCUT2D eigenvalue weighted by atomic mass is 10.1.